The number of para-hydroxylation sites is 2. The molecule has 8 aromatic carbocycles. The molecule has 2 aliphatic rings. The van der Waals surface area contributed by atoms with Crippen LogP contribution in [0.15, 0.2) is 182 Å². The van der Waals surface area contributed by atoms with E-state index < -0.39 is 0 Å². The summed E-state index contributed by atoms with van der Waals surface area (Å²) in [5.41, 5.74) is 23.5. The fraction of sp³-hybridized carbons (Fsp3) is 0.206. The predicted octanol–water partition coefficient (Wildman–Crippen LogP) is 16.1. The van der Waals surface area contributed by atoms with E-state index in [-0.39, 0.29) is 23.1 Å². The van der Waals surface area contributed by atoms with Crippen molar-refractivity contribution in [2.75, 3.05) is 9.80 Å². The normalized spacial score (nSPS) is 13.2. The summed E-state index contributed by atoms with van der Waals surface area (Å²) in [4.78, 5) is 5.05. The van der Waals surface area contributed by atoms with Crippen molar-refractivity contribution in [2.24, 2.45) is 0 Å². The topological polar surface area (TPSA) is 11.4 Å². The van der Waals surface area contributed by atoms with Crippen LogP contribution in [-0.4, -0.2) is 11.3 Å². The molecule has 330 valence electrons. The smallest absolute Gasteiger partial charge is 0.333 e. The first-order valence-electron chi connectivity index (χ1n) is 24.1. The van der Waals surface area contributed by atoms with E-state index >= 15 is 0 Å². The first kappa shape index (κ1) is 42.6. The van der Waals surface area contributed by atoms with E-state index in [0.29, 0.717) is 0 Å². The first-order chi connectivity index (χ1) is 32.1. The van der Waals surface area contributed by atoms with Crippen LogP contribution in [0.2, 0.25) is 0 Å². The van der Waals surface area contributed by atoms with E-state index in [1.54, 1.807) is 0 Å². The molecule has 0 N–H and O–H groups in total. The monoisotopic (exact) mass is 869 g/mol. The Morgan fingerprint density at radius 2 is 1.03 bits per heavy atom. The number of rotatable bonds is 6. The highest BCUT2D eigenvalue weighted by atomic mass is 15.2. The van der Waals surface area contributed by atoms with Crippen LogP contribution in [0, 0.1) is 6.92 Å². The summed E-state index contributed by atoms with van der Waals surface area (Å²) < 4.78 is 2.77. The van der Waals surface area contributed by atoms with E-state index in [0.717, 1.165) is 17.1 Å². The SMILES string of the molecule is Cc1ccccc1-c1c(-c2ccccc2)n2c3c(ccc(N(c4ccccc4)c4ccccc4)c13)-c1cc(C(C)(C)C)cc3c1B2c1cc(C(C)(C)C)ccc1N3c1ccc(C(C)(C)C)cc1. The van der Waals surface area contributed by atoms with E-state index in [2.05, 4.69) is 266 Å². The van der Waals surface area contributed by atoms with Gasteiger partial charge in [-0.25, -0.2) is 0 Å². The largest absolute Gasteiger partial charge is 0.375 e. The average Bonchev–Trinajstić information content (AvgIpc) is 3.67. The van der Waals surface area contributed by atoms with Crippen molar-refractivity contribution in [3.05, 3.63) is 204 Å². The number of hydrogen-bond donors (Lipinski definition) is 0. The number of hydrogen-bond acceptors (Lipinski definition) is 2. The van der Waals surface area contributed by atoms with Crippen LogP contribution in [0.4, 0.5) is 34.1 Å². The summed E-state index contributed by atoms with van der Waals surface area (Å²) in [5.74, 6) is 0. The van der Waals surface area contributed by atoms with Gasteiger partial charge in [0.25, 0.3) is 0 Å². The number of aryl methyl sites for hydroxylation is 1. The minimum atomic E-state index is -0.137. The molecule has 4 heteroatoms. The van der Waals surface area contributed by atoms with Crippen molar-refractivity contribution in [3.8, 4) is 33.5 Å². The first-order valence-corrected chi connectivity index (χ1v) is 24.1. The fourth-order valence-electron chi connectivity index (χ4n) is 10.8. The summed E-state index contributed by atoms with van der Waals surface area (Å²) in [6.45, 7) is 23.2. The van der Waals surface area contributed by atoms with Crippen molar-refractivity contribution >= 4 is 62.8 Å². The zero-order valence-corrected chi connectivity index (χ0v) is 40.7. The number of nitrogens with zero attached hydrogens (tertiary/aromatic N) is 3. The molecule has 0 aliphatic carbocycles. The lowest BCUT2D eigenvalue weighted by Crippen LogP contribution is -2.57. The maximum absolute atomic E-state index is 2.77. The Morgan fingerprint density at radius 3 is 1.63 bits per heavy atom. The zero-order chi connectivity index (χ0) is 46.6. The third kappa shape index (κ3) is 6.95. The van der Waals surface area contributed by atoms with Gasteiger partial charge in [-0.05, 0) is 128 Å². The third-order valence-corrected chi connectivity index (χ3v) is 14.4. The molecular weight excluding hydrogens is 810 g/mol. The summed E-state index contributed by atoms with van der Waals surface area (Å²) in [5, 5.41) is 1.25. The van der Waals surface area contributed by atoms with Crippen molar-refractivity contribution in [1.29, 1.82) is 0 Å². The second kappa shape index (κ2) is 15.5. The molecular formula is C63H60BN3. The van der Waals surface area contributed by atoms with Crippen LogP contribution < -0.4 is 20.7 Å². The maximum Gasteiger partial charge on any atom is 0.333 e. The van der Waals surface area contributed by atoms with Gasteiger partial charge >= 0.3 is 6.85 Å². The van der Waals surface area contributed by atoms with Crippen molar-refractivity contribution in [1.82, 2.24) is 4.48 Å². The van der Waals surface area contributed by atoms with Gasteiger partial charge in [-0.1, -0.05) is 190 Å². The molecule has 0 unspecified atom stereocenters. The minimum Gasteiger partial charge on any atom is -0.375 e. The van der Waals surface area contributed by atoms with Gasteiger partial charge in [0.1, 0.15) is 0 Å². The molecule has 0 spiro atoms. The van der Waals surface area contributed by atoms with E-state index in [9.17, 15) is 0 Å². The van der Waals surface area contributed by atoms with E-state index in [4.69, 9.17) is 0 Å². The number of benzene rings is 8. The van der Waals surface area contributed by atoms with Gasteiger partial charge in [0.05, 0.1) is 5.69 Å². The van der Waals surface area contributed by atoms with Crippen LogP contribution in [0.25, 0.3) is 44.4 Å². The third-order valence-electron chi connectivity index (χ3n) is 14.4. The molecule has 0 saturated heterocycles. The Bertz CT molecular complexity index is 3300. The minimum absolute atomic E-state index is 0.0397. The Hall–Kier alpha value is -7.04. The molecule has 0 atom stereocenters. The molecule has 0 fully saturated rings. The lowest BCUT2D eigenvalue weighted by molar-refractivity contribution is 0.590. The molecule has 0 bridgehead atoms. The van der Waals surface area contributed by atoms with Gasteiger partial charge in [0.15, 0.2) is 0 Å². The van der Waals surface area contributed by atoms with Gasteiger partial charge in [0, 0.05) is 56.2 Å². The quantitative estimate of drug-likeness (QED) is 0.154. The van der Waals surface area contributed by atoms with E-state index in [1.165, 1.54) is 94.7 Å². The molecule has 3 heterocycles. The van der Waals surface area contributed by atoms with Gasteiger partial charge in [-0.15, -0.1) is 0 Å². The molecule has 3 nitrogen and oxygen atoms in total. The van der Waals surface area contributed by atoms with Crippen LogP contribution in [0.5, 0.6) is 0 Å². The summed E-state index contributed by atoms with van der Waals surface area (Å²) in [6.07, 6.45) is 0. The zero-order valence-electron chi connectivity index (χ0n) is 40.7. The highest BCUT2D eigenvalue weighted by molar-refractivity contribution is 6.90. The summed E-state index contributed by atoms with van der Waals surface area (Å²) in [7, 11) is 0. The van der Waals surface area contributed by atoms with E-state index in [1.807, 2.05) is 0 Å². The lowest BCUT2D eigenvalue weighted by Gasteiger charge is -2.42. The van der Waals surface area contributed by atoms with Crippen LogP contribution >= 0.6 is 0 Å². The van der Waals surface area contributed by atoms with Crippen LogP contribution in [-0.2, 0) is 16.2 Å². The predicted molar refractivity (Wildman–Crippen MR) is 289 cm³/mol. The summed E-state index contributed by atoms with van der Waals surface area (Å²) >= 11 is 0. The fourth-order valence-corrected chi connectivity index (χ4v) is 10.8. The van der Waals surface area contributed by atoms with Gasteiger partial charge in [-0.3, -0.25) is 0 Å². The Balaban J connectivity index is 1.36. The highest BCUT2D eigenvalue weighted by Gasteiger charge is 2.46. The van der Waals surface area contributed by atoms with Crippen LogP contribution in [0.1, 0.15) is 84.6 Å². The van der Waals surface area contributed by atoms with Crippen LogP contribution in [0.3, 0.4) is 0 Å². The molecule has 67 heavy (non-hydrogen) atoms. The Labute approximate surface area is 398 Å². The average molecular weight is 870 g/mol. The molecule has 0 radical (unpaired) electrons. The molecule has 0 amide bonds. The second-order valence-corrected chi connectivity index (χ2v) is 21.9. The summed E-state index contributed by atoms with van der Waals surface area (Å²) in [6, 6.07) is 68.7. The molecule has 2 aliphatic heterocycles. The molecule has 1 aromatic heterocycles. The number of aromatic nitrogens is 1. The van der Waals surface area contributed by atoms with Crippen molar-refractivity contribution in [2.45, 2.75) is 85.5 Å². The van der Waals surface area contributed by atoms with Gasteiger partial charge in [-0.2, -0.15) is 0 Å². The van der Waals surface area contributed by atoms with Crippen molar-refractivity contribution in [3.63, 3.8) is 0 Å². The van der Waals surface area contributed by atoms with Gasteiger partial charge < -0.3 is 14.3 Å². The Morgan fingerprint density at radius 1 is 0.463 bits per heavy atom. The van der Waals surface area contributed by atoms with Gasteiger partial charge in [0.2, 0.25) is 0 Å². The number of anilines is 6. The highest BCUT2D eigenvalue weighted by Crippen LogP contribution is 2.54. The standard InChI is InChI=1S/C63H60BN3/c1-41-22-20-21-29-49(41)56-57-54(65(46-25-16-12-17-26-46)47-27-18-13-19-28-47)37-35-50-51-38-45(63(8,9)10)40-55-58(51)64(67(60(50)57)59(56)42-23-14-11-15-24-42)52-39-44(62(5,6)7)32-36-53(52)66(55)48-33-30-43(31-34-48)61(2,3)4/h11-40H,1-10H3. The number of fused-ring (bicyclic) bond motifs is 4. The Kier molecular flexibility index (Phi) is 9.87. The second-order valence-electron chi connectivity index (χ2n) is 21.9. The molecule has 9 aromatic rings. The maximum atomic E-state index is 2.77. The molecule has 11 rings (SSSR count). The molecule has 0 saturated carbocycles. The van der Waals surface area contributed by atoms with Crippen molar-refractivity contribution < 1.29 is 0 Å². The lowest BCUT2D eigenvalue weighted by atomic mass is 9.44.